The summed E-state index contributed by atoms with van der Waals surface area (Å²) in [6.45, 7) is 0. The number of benzene rings is 2. The summed E-state index contributed by atoms with van der Waals surface area (Å²) in [6, 6.07) is 20.8. The molecule has 0 aliphatic carbocycles. The molecular formula is C18H12N2S4. The largest absolute Gasteiger partial charge is 0.185 e. The van der Waals surface area contributed by atoms with Crippen LogP contribution in [0, 0.1) is 0 Å². The van der Waals surface area contributed by atoms with E-state index in [-0.39, 0.29) is 0 Å². The van der Waals surface area contributed by atoms with Crippen molar-refractivity contribution < 1.29 is 0 Å². The van der Waals surface area contributed by atoms with E-state index in [0.717, 1.165) is 10.1 Å². The van der Waals surface area contributed by atoms with Gasteiger partial charge in [-0.1, -0.05) is 60.7 Å². The zero-order valence-corrected chi connectivity index (χ0v) is 15.7. The summed E-state index contributed by atoms with van der Waals surface area (Å²) in [4.78, 5) is 0. The standard InChI is InChI=1S/C18H12N2S4/c1-3-7-13(8-4-1)15-11-21-19-17(15)23-24-18-16(12-22-20-18)14-9-5-2-6-10-14/h1-12H. The molecule has 2 aromatic heterocycles. The zero-order chi connectivity index (χ0) is 16.2. The number of hydrogen-bond acceptors (Lipinski definition) is 6. The highest BCUT2D eigenvalue weighted by atomic mass is 33.1. The molecule has 0 aliphatic heterocycles. The Hall–Kier alpha value is -1.60. The lowest BCUT2D eigenvalue weighted by atomic mass is 10.1. The van der Waals surface area contributed by atoms with Gasteiger partial charge in [0.15, 0.2) is 0 Å². The summed E-state index contributed by atoms with van der Waals surface area (Å²) >= 11 is 2.99. The normalized spacial score (nSPS) is 10.8. The molecule has 2 aromatic carbocycles. The fourth-order valence-corrected chi connectivity index (χ4v) is 6.37. The van der Waals surface area contributed by atoms with Gasteiger partial charge in [-0.25, -0.2) is 0 Å². The smallest absolute Gasteiger partial charge is 0.129 e. The van der Waals surface area contributed by atoms with Crippen LogP contribution >= 0.6 is 44.7 Å². The van der Waals surface area contributed by atoms with Crippen molar-refractivity contribution in [2.75, 3.05) is 0 Å². The van der Waals surface area contributed by atoms with Crippen LogP contribution in [0.3, 0.4) is 0 Å². The van der Waals surface area contributed by atoms with Gasteiger partial charge in [0.1, 0.15) is 10.1 Å². The Morgan fingerprint density at radius 2 is 1.00 bits per heavy atom. The van der Waals surface area contributed by atoms with Gasteiger partial charge < -0.3 is 0 Å². The van der Waals surface area contributed by atoms with Crippen molar-refractivity contribution in [3.8, 4) is 22.3 Å². The third-order valence-corrected chi connectivity index (χ3v) is 7.15. The minimum atomic E-state index is 1.04. The predicted octanol–water partition coefficient (Wildman–Crippen LogP) is 6.73. The maximum absolute atomic E-state index is 4.55. The molecule has 2 heterocycles. The first kappa shape index (κ1) is 15.9. The van der Waals surface area contributed by atoms with Crippen LogP contribution in [0.4, 0.5) is 0 Å². The summed E-state index contributed by atoms with van der Waals surface area (Å²) in [6.07, 6.45) is 0. The number of nitrogens with zero attached hydrogens (tertiary/aromatic N) is 2. The molecule has 0 atom stereocenters. The predicted molar refractivity (Wildman–Crippen MR) is 107 cm³/mol. The van der Waals surface area contributed by atoms with Crippen LogP contribution in [0.5, 0.6) is 0 Å². The Morgan fingerprint density at radius 1 is 0.583 bits per heavy atom. The summed E-state index contributed by atoms with van der Waals surface area (Å²) in [5, 5.41) is 6.31. The van der Waals surface area contributed by atoms with Gasteiger partial charge in [-0.2, -0.15) is 8.75 Å². The Balaban J connectivity index is 1.56. The lowest BCUT2D eigenvalue weighted by molar-refractivity contribution is 1.29. The summed E-state index contributed by atoms with van der Waals surface area (Å²) in [7, 11) is 3.35. The minimum Gasteiger partial charge on any atom is -0.185 e. The lowest BCUT2D eigenvalue weighted by Crippen LogP contribution is -1.79. The highest BCUT2D eigenvalue weighted by Gasteiger charge is 2.13. The average Bonchev–Trinajstić information content (AvgIpc) is 3.30. The summed E-state index contributed by atoms with van der Waals surface area (Å²) in [5.74, 6) is 0. The second kappa shape index (κ2) is 7.53. The maximum Gasteiger partial charge on any atom is 0.129 e. The van der Waals surface area contributed by atoms with E-state index >= 15 is 0 Å². The topological polar surface area (TPSA) is 25.8 Å². The van der Waals surface area contributed by atoms with Gasteiger partial charge in [0, 0.05) is 21.9 Å². The van der Waals surface area contributed by atoms with Gasteiger partial charge in [-0.05, 0) is 55.8 Å². The van der Waals surface area contributed by atoms with Crippen molar-refractivity contribution in [3.05, 3.63) is 71.4 Å². The molecule has 118 valence electrons. The van der Waals surface area contributed by atoms with Crippen molar-refractivity contribution in [2.45, 2.75) is 10.1 Å². The van der Waals surface area contributed by atoms with E-state index in [2.05, 4.69) is 68.0 Å². The Labute approximate surface area is 156 Å². The van der Waals surface area contributed by atoms with Crippen LogP contribution in [-0.4, -0.2) is 8.75 Å². The molecule has 0 radical (unpaired) electrons. The average molecular weight is 385 g/mol. The quantitative estimate of drug-likeness (QED) is 0.356. The SMILES string of the molecule is c1ccc(-c2csnc2SSc2nscc2-c2ccccc2)cc1. The van der Waals surface area contributed by atoms with Crippen LogP contribution in [0.2, 0.25) is 0 Å². The van der Waals surface area contributed by atoms with Gasteiger partial charge in [0.05, 0.1) is 0 Å². The van der Waals surface area contributed by atoms with Gasteiger partial charge in [0.2, 0.25) is 0 Å². The highest BCUT2D eigenvalue weighted by Crippen LogP contribution is 2.45. The zero-order valence-electron chi connectivity index (χ0n) is 12.5. The monoisotopic (exact) mass is 384 g/mol. The molecule has 4 rings (SSSR count). The van der Waals surface area contributed by atoms with Crippen molar-refractivity contribution in [3.63, 3.8) is 0 Å². The minimum absolute atomic E-state index is 1.04. The molecule has 24 heavy (non-hydrogen) atoms. The van der Waals surface area contributed by atoms with E-state index in [1.807, 2.05) is 12.1 Å². The molecule has 0 N–H and O–H groups in total. The molecule has 0 saturated heterocycles. The van der Waals surface area contributed by atoms with Crippen LogP contribution in [-0.2, 0) is 0 Å². The molecule has 0 amide bonds. The third kappa shape index (κ3) is 3.42. The number of hydrogen-bond donors (Lipinski definition) is 0. The number of aromatic nitrogens is 2. The van der Waals surface area contributed by atoms with Crippen molar-refractivity contribution in [2.24, 2.45) is 0 Å². The van der Waals surface area contributed by atoms with Crippen molar-refractivity contribution in [1.29, 1.82) is 0 Å². The summed E-state index contributed by atoms with van der Waals surface area (Å²) in [5.41, 5.74) is 4.79. The van der Waals surface area contributed by atoms with E-state index in [1.165, 1.54) is 45.3 Å². The highest BCUT2D eigenvalue weighted by molar-refractivity contribution is 8.76. The first-order chi connectivity index (χ1) is 11.9. The molecule has 0 fully saturated rings. The Bertz CT molecular complexity index is 839. The van der Waals surface area contributed by atoms with Crippen molar-refractivity contribution >= 4 is 44.7 Å². The third-order valence-electron chi connectivity index (χ3n) is 3.44. The van der Waals surface area contributed by atoms with Gasteiger partial charge in [0.25, 0.3) is 0 Å². The van der Waals surface area contributed by atoms with E-state index in [1.54, 1.807) is 21.6 Å². The van der Waals surface area contributed by atoms with E-state index < -0.39 is 0 Å². The lowest BCUT2D eigenvalue weighted by Gasteiger charge is -2.03. The fourth-order valence-electron chi connectivity index (χ4n) is 2.27. The van der Waals surface area contributed by atoms with E-state index in [9.17, 15) is 0 Å². The molecule has 0 bridgehead atoms. The molecule has 0 unspecified atom stereocenters. The first-order valence-electron chi connectivity index (χ1n) is 7.26. The molecule has 4 aromatic rings. The van der Waals surface area contributed by atoms with Crippen molar-refractivity contribution in [1.82, 2.24) is 8.75 Å². The van der Waals surface area contributed by atoms with Crippen LogP contribution in [0.25, 0.3) is 22.3 Å². The van der Waals surface area contributed by atoms with Crippen LogP contribution in [0.15, 0.2) is 81.5 Å². The second-order valence-corrected chi connectivity index (χ2v) is 8.33. The van der Waals surface area contributed by atoms with Crippen LogP contribution < -0.4 is 0 Å². The molecule has 0 spiro atoms. The first-order valence-corrected chi connectivity index (χ1v) is 11.1. The molecule has 2 nitrogen and oxygen atoms in total. The van der Waals surface area contributed by atoms with E-state index in [0.29, 0.717) is 0 Å². The van der Waals surface area contributed by atoms with Crippen LogP contribution in [0.1, 0.15) is 0 Å². The van der Waals surface area contributed by atoms with Gasteiger partial charge in [-0.15, -0.1) is 0 Å². The number of rotatable bonds is 5. The maximum atomic E-state index is 4.55. The second-order valence-electron chi connectivity index (χ2n) is 4.97. The van der Waals surface area contributed by atoms with E-state index in [4.69, 9.17) is 0 Å². The molecule has 0 saturated carbocycles. The molecule has 6 heteroatoms. The summed E-state index contributed by atoms with van der Waals surface area (Å²) < 4.78 is 9.11. The van der Waals surface area contributed by atoms with Gasteiger partial charge in [-0.3, -0.25) is 0 Å². The molecular weight excluding hydrogens is 372 g/mol. The Morgan fingerprint density at radius 3 is 1.42 bits per heavy atom. The Kier molecular flexibility index (Phi) is 4.99. The van der Waals surface area contributed by atoms with Gasteiger partial charge >= 0.3 is 0 Å². The fraction of sp³-hybridized carbons (Fsp3) is 0. The molecule has 0 aliphatic rings.